The summed E-state index contributed by atoms with van der Waals surface area (Å²) in [5.74, 6) is -0.194. The highest BCUT2D eigenvalue weighted by Gasteiger charge is 1.91. The quantitative estimate of drug-likeness (QED) is 0.579. The zero-order valence-corrected chi connectivity index (χ0v) is 6.26. The van der Waals surface area contributed by atoms with E-state index in [1.165, 1.54) is 12.1 Å². The van der Waals surface area contributed by atoms with Crippen molar-refractivity contribution in [3.63, 3.8) is 0 Å². The van der Waals surface area contributed by atoms with Crippen LogP contribution >= 0.6 is 0 Å². The van der Waals surface area contributed by atoms with E-state index in [9.17, 15) is 4.39 Å². The molecule has 0 fully saturated rings. The Morgan fingerprint density at radius 2 is 1.91 bits per heavy atom. The maximum absolute atomic E-state index is 12.4. The molecule has 0 aliphatic heterocycles. The summed E-state index contributed by atoms with van der Waals surface area (Å²) in [5.41, 5.74) is 1.03. The lowest BCUT2D eigenvalue weighted by atomic mass is 10.1. The molecule has 0 N–H and O–H groups in total. The minimum absolute atomic E-state index is 0.194. The molecule has 57 valence electrons. The van der Waals surface area contributed by atoms with Crippen LogP contribution in [0.1, 0.15) is 12.0 Å². The van der Waals surface area contributed by atoms with Crippen molar-refractivity contribution in [2.75, 3.05) is 0 Å². The van der Waals surface area contributed by atoms with E-state index in [0.29, 0.717) is 0 Å². The fourth-order valence-electron chi connectivity index (χ4n) is 0.818. The second-order valence-corrected chi connectivity index (χ2v) is 2.28. The molecular formula is C10H10F. The molecule has 1 aromatic rings. The van der Waals surface area contributed by atoms with Gasteiger partial charge in [-0.1, -0.05) is 18.2 Å². The minimum Gasteiger partial charge on any atom is -0.207 e. The van der Waals surface area contributed by atoms with Crippen molar-refractivity contribution in [1.29, 1.82) is 0 Å². The molecule has 0 unspecified atom stereocenters. The molecule has 0 amide bonds. The van der Waals surface area contributed by atoms with E-state index < -0.39 is 0 Å². The Labute approximate surface area is 66.4 Å². The van der Waals surface area contributed by atoms with Crippen LogP contribution in [0.5, 0.6) is 0 Å². The van der Waals surface area contributed by atoms with Crippen LogP contribution in [0.25, 0.3) is 0 Å². The molecular weight excluding hydrogens is 139 g/mol. The van der Waals surface area contributed by atoms with Crippen LogP contribution in [0.15, 0.2) is 36.9 Å². The van der Waals surface area contributed by atoms with E-state index >= 15 is 0 Å². The summed E-state index contributed by atoms with van der Waals surface area (Å²) in [6.07, 6.45) is 4.63. The fraction of sp³-hybridized carbons (Fsp3) is 0.100. The molecule has 1 aromatic carbocycles. The second-order valence-electron chi connectivity index (χ2n) is 2.28. The van der Waals surface area contributed by atoms with Gasteiger partial charge in [0.15, 0.2) is 0 Å². The van der Waals surface area contributed by atoms with Crippen LogP contribution < -0.4 is 0 Å². The van der Waals surface area contributed by atoms with Gasteiger partial charge in [0.2, 0.25) is 0 Å². The topological polar surface area (TPSA) is 0 Å². The van der Waals surface area contributed by atoms with Gasteiger partial charge in [0.1, 0.15) is 5.82 Å². The van der Waals surface area contributed by atoms with E-state index in [4.69, 9.17) is 0 Å². The number of halogens is 1. The lowest BCUT2D eigenvalue weighted by Gasteiger charge is -1.95. The molecule has 1 heteroatoms. The van der Waals surface area contributed by atoms with Gasteiger partial charge >= 0.3 is 0 Å². The first-order valence-electron chi connectivity index (χ1n) is 3.52. The van der Waals surface area contributed by atoms with Crippen molar-refractivity contribution in [1.82, 2.24) is 0 Å². The van der Waals surface area contributed by atoms with Crippen LogP contribution in [0, 0.1) is 12.2 Å². The highest BCUT2D eigenvalue weighted by atomic mass is 19.1. The zero-order chi connectivity index (χ0) is 8.10. The van der Waals surface area contributed by atoms with Gasteiger partial charge in [-0.15, -0.1) is 6.58 Å². The molecule has 0 nitrogen and oxygen atoms in total. The summed E-state index contributed by atoms with van der Waals surface area (Å²) in [7, 11) is 0. The van der Waals surface area contributed by atoms with Crippen LogP contribution in [-0.2, 0) is 0 Å². The molecule has 0 spiro atoms. The molecule has 0 heterocycles. The average molecular weight is 149 g/mol. The largest absolute Gasteiger partial charge is 0.207 e. The van der Waals surface area contributed by atoms with Crippen molar-refractivity contribution < 1.29 is 4.39 Å². The molecule has 0 bridgehead atoms. The number of hydrogen-bond acceptors (Lipinski definition) is 0. The number of rotatable bonds is 3. The summed E-state index contributed by atoms with van der Waals surface area (Å²) in [6, 6.07) is 6.40. The van der Waals surface area contributed by atoms with Gasteiger partial charge in [-0.05, 0) is 30.5 Å². The van der Waals surface area contributed by atoms with E-state index in [1.807, 2.05) is 12.5 Å². The Morgan fingerprint density at radius 1 is 1.27 bits per heavy atom. The maximum Gasteiger partial charge on any atom is 0.123 e. The summed E-state index contributed by atoms with van der Waals surface area (Å²) < 4.78 is 12.4. The minimum atomic E-state index is -0.194. The van der Waals surface area contributed by atoms with Gasteiger partial charge in [0, 0.05) is 0 Å². The number of allylic oxidation sites excluding steroid dienone is 1. The van der Waals surface area contributed by atoms with Crippen molar-refractivity contribution >= 4 is 0 Å². The highest BCUT2D eigenvalue weighted by Crippen LogP contribution is 2.06. The number of hydrogen-bond donors (Lipinski definition) is 0. The van der Waals surface area contributed by atoms with Crippen LogP contribution in [-0.4, -0.2) is 0 Å². The van der Waals surface area contributed by atoms with Crippen molar-refractivity contribution in [2.24, 2.45) is 0 Å². The van der Waals surface area contributed by atoms with E-state index in [-0.39, 0.29) is 5.82 Å². The Kier molecular flexibility index (Phi) is 2.84. The van der Waals surface area contributed by atoms with Gasteiger partial charge in [-0.25, -0.2) is 4.39 Å². The monoisotopic (exact) mass is 149 g/mol. The molecule has 0 saturated heterocycles. The van der Waals surface area contributed by atoms with Crippen LogP contribution in [0.2, 0.25) is 0 Å². The van der Waals surface area contributed by atoms with Gasteiger partial charge in [-0.3, -0.25) is 0 Å². The lowest BCUT2D eigenvalue weighted by Crippen LogP contribution is -1.80. The van der Waals surface area contributed by atoms with Crippen LogP contribution in [0.4, 0.5) is 4.39 Å². The summed E-state index contributed by atoms with van der Waals surface area (Å²) >= 11 is 0. The van der Waals surface area contributed by atoms with Crippen molar-refractivity contribution in [3.8, 4) is 0 Å². The third kappa shape index (κ3) is 2.54. The molecule has 1 rings (SSSR count). The standard InChI is InChI=1S/C10H10F/c1-2-3-4-9-5-7-10(11)8-6-9/h2,4-8H,1,3H2. The first-order chi connectivity index (χ1) is 5.33. The predicted molar refractivity (Wildman–Crippen MR) is 44.6 cm³/mol. The van der Waals surface area contributed by atoms with E-state index in [0.717, 1.165) is 12.0 Å². The summed E-state index contributed by atoms with van der Waals surface area (Å²) in [4.78, 5) is 0. The third-order valence-corrected chi connectivity index (χ3v) is 1.39. The summed E-state index contributed by atoms with van der Waals surface area (Å²) in [6.45, 7) is 3.59. The Hall–Kier alpha value is -1.11. The Bertz CT molecular complexity index is 223. The SMILES string of the molecule is C=CC[CH]c1ccc(F)cc1. The van der Waals surface area contributed by atoms with E-state index in [1.54, 1.807) is 12.1 Å². The second kappa shape index (κ2) is 3.91. The Morgan fingerprint density at radius 3 is 2.45 bits per heavy atom. The lowest BCUT2D eigenvalue weighted by molar-refractivity contribution is 0.627. The molecule has 0 aromatic heterocycles. The maximum atomic E-state index is 12.4. The van der Waals surface area contributed by atoms with E-state index in [2.05, 4.69) is 6.58 Å². The molecule has 1 radical (unpaired) electrons. The molecule has 0 atom stereocenters. The molecule has 11 heavy (non-hydrogen) atoms. The van der Waals surface area contributed by atoms with Crippen molar-refractivity contribution in [2.45, 2.75) is 6.42 Å². The molecule has 0 aliphatic rings. The molecule has 0 saturated carbocycles. The third-order valence-electron chi connectivity index (χ3n) is 1.39. The summed E-state index contributed by atoms with van der Waals surface area (Å²) in [5, 5.41) is 0. The van der Waals surface area contributed by atoms with Gasteiger partial charge in [0.25, 0.3) is 0 Å². The zero-order valence-electron chi connectivity index (χ0n) is 6.26. The molecule has 0 aliphatic carbocycles. The smallest absolute Gasteiger partial charge is 0.123 e. The first-order valence-corrected chi connectivity index (χ1v) is 3.52. The normalized spacial score (nSPS) is 9.55. The predicted octanol–water partition coefficient (Wildman–Crippen LogP) is 2.95. The first kappa shape index (κ1) is 7.99. The van der Waals surface area contributed by atoms with Gasteiger partial charge < -0.3 is 0 Å². The van der Waals surface area contributed by atoms with Crippen LogP contribution in [0.3, 0.4) is 0 Å². The fourth-order valence-corrected chi connectivity index (χ4v) is 0.818. The van der Waals surface area contributed by atoms with Crippen molar-refractivity contribution in [3.05, 3.63) is 54.7 Å². The number of benzene rings is 1. The van der Waals surface area contributed by atoms with Gasteiger partial charge in [0.05, 0.1) is 0 Å². The van der Waals surface area contributed by atoms with Gasteiger partial charge in [-0.2, -0.15) is 0 Å². The Balaban J connectivity index is 2.58. The highest BCUT2D eigenvalue weighted by molar-refractivity contribution is 5.23. The average Bonchev–Trinajstić information content (AvgIpc) is 2.04.